The van der Waals surface area contributed by atoms with Crippen molar-refractivity contribution in [1.82, 2.24) is 14.6 Å². The van der Waals surface area contributed by atoms with E-state index in [0.717, 1.165) is 0 Å². The van der Waals surface area contributed by atoms with E-state index in [4.69, 9.17) is 10.5 Å². The average Bonchev–Trinajstić information content (AvgIpc) is 2.73. The molecule has 2 rings (SSSR count). The van der Waals surface area contributed by atoms with Crippen LogP contribution in [0.15, 0.2) is 17.3 Å². The van der Waals surface area contributed by atoms with Crippen molar-refractivity contribution in [2.45, 2.75) is 5.03 Å². The van der Waals surface area contributed by atoms with Crippen molar-refractivity contribution in [2.24, 2.45) is 0 Å². The molecule has 0 saturated carbocycles. The van der Waals surface area contributed by atoms with Gasteiger partial charge in [-0.15, -0.1) is 11.8 Å². The highest BCUT2D eigenvalue weighted by molar-refractivity contribution is 7.98. The van der Waals surface area contributed by atoms with E-state index in [2.05, 4.69) is 10.1 Å². The highest BCUT2D eigenvalue weighted by Gasteiger charge is 2.14. The lowest BCUT2D eigenvalue weighted by molar-refractivity contribution is 0.383. The third kappa shape index (κ3) is 1.40. The maximum absolute atomic E-state index is 8.99. The van der Waals surface area contributed by atoms with Crippen LogP contribution in [-0.4, -0.2) is 26.1 Å². The number of hydrogen-bond donors (Lipinski definition) is 2. The summed E-state index contributed by atoms with van der Waals surface area (Å²) >= 11 is 1.34. The van der Waals surface area contributed by atoms with Gasteiger partial charge in [0.1, 0.15) is 16.7 Å². The van der Waals surface area contributed by atoms with E-state index >= 15 is 0 Å². The van der Waals surface area contributed by atoms with Crippen molar-refractivity contribution in [3.8, 4) is 6.07 Å². The van der Waals surface area contributed by atoms with Crippen molar-refractivity contribution < 1.29 is 5.21 Å². The Morgan fingerprint density at radius 3 is 3.07 bits per heavy atom. The zero-order valence-corrected chi connectivity index (χ0v) is 8.62. The minimum atomic E-state index is 0.233. The molecule has 2 aromatic heterocycles. The predicted octanol–water partition coefficient (Wildman–Crippen LogP) is 1.12. The highest BCUT2D eigenvalue weighted by Crippen LogP contribution is 2.25. The topological polar surface area (TPSA) is 86.2 Å². The molecule has 0 fully saturated rings. The van der Waals surface area contributed by atoms with Gasteiger partial charge in [0, 0.05) is 6.07 Å². The smallest absolute Gasteiger partial charge is 0.174 e. The van der Waals surface area contributed by atoms with Gasteiger partial charge in [-0.1, -0.05) is 0 Å². The van der Waals surface area contributed by atoms with Crippen molar-refractivity contribution in [3.63, 3.8) is 0 Å². The Labute approximate surface area is 89.5 Å². The largest absolute Gasteiger partial charge is 0.290 e. The first-order valence-electron chi connectivity index (χ1n) is 4.03. The number of anilines is 1. The highest BCUT2D eigenvalue weighted by atomic mass is 32.2. The summed E-state index contributed by atoms with van der Waals surface area (Å²) in [4.78, 5) is 4.22. The molecule has 6 nitrogen and oxygen atoms in total. The zero-order valence-electron chi connectivity index (χ0n) is 7.80. The summed E-state index contributed by atoms with van der Waals surface area (Å²) in [5.41, 5.74) is 2.83. The summed E-state index contributed by atoms with van der Waals surface area (Å²) in [6, 6.07) is 3.68. The van der Waals surface area contributed by atoms with Crippen molar-refractivity contribution in [2.75, 3.05) is 11.7 Å². The molecule has 2 aromatic rings. The molecule has 0 aliphatic rings. The molecule has 0 aromatic carbocycles. The van der Waals surface area contributed by atoms with E-state index in [1.807, 2.05) is 17.8 Å². The molecule has 0 radical (unpaired) electrons. The average molecular weight is 221 g/mol. The number of rotatable bonds is 2. The summed E-state index contributed by atoms with van der Waals surface area (Å²) in [5, 5.41) is 22.5. The second kappa shape index (κ2) is 3.76. The van der Waals surface area contributed by atoms with E-state index in [1.165, 1.54) is 16.3 Å². The molecule has 0 aliphatic heterocycles. The Balaban J connectivity index is 2.86. The van der Waals surface area contributed by atoms with Crippen molar-refractivity contribution >= 4 is 23.2 Å². The van der Waals surface area contributed by atoms with Crippen LogP contribution in [-0.2, 0) is 0 Å². The number of nitrogens with one attached hydrogen (secondary N) is 1. The van der Waals surface area contributed by atoms with Gasteiger partial charge < -0.3 is 0 Å². The number of hydrogen-bond acceptors (Lipinski definition) is 6. The Kier molecular flexibility index (Phi) is 2.45. The monoisotopic (exact) mass is 221 g/mol. The van der Waals surface area contributed by atoms with Gasteiger partial charge in [-0.25, -0.2) is 4.98 Å². The summed E-state index contributed by atoms with van der Waals surface area (Å²) in [6.07, 6.45) is 3.37. The van der Waals surface area contributed by atoms with Gasteiger partial charge in [-0.2, -0.15) is 14.9 Å². The van der Waals surface area contributed by atoms with Crippen LogP contribution in [0.3, 0.4) is 0 Å². The molecule has 76 valence electrons. The summed E-state index contributed by atoms with van der Waals surface area (Å²) in [7, 11) is 0. The number of aromatic nitrogens is 3. The molecule has 0 unspecified atom stereocenters. The number of fused-ring (bicyclic) bond motifs is 1. The molecule has 15 heavy (non-hydrogen) atoms. The van der Waals surface area contributed by atoms with E-state index in [-0.39, 0.29) is 11.4 Å². The molecule has 0 atom stereocenters. The van der Waals surface area contributed by atoms with Crippen LogP contribution in [0.1, 0.15) is 5.56 Å². The first-order valence-corrected chi connectivity index (χ1v) is 5.26. The minimum absolute atomic E-state index is 0.233. The molecule has 0 spiro atoms. The SMILES string of the molecule is CSc1nc2ccnn2c(NO)c1C#N. The van der Waals surface area contributed by atoms with Crippen molar-refractivity contribution in [3.05, 3.63) is 17.8 Å². The molecule has 0 amide bonds. The molecular weight excluding hydrogens is 214 g/mol. The molecule has 0 bridgehead atoms. The van der Waals surface area contributed by atoms with Crippen molar-refractivity contribution in [1.29, 1.82) is 5.26 Å². The number of nitrogens with zero attached hydrogens (tertiary/aromatic N) is 4. The molecule has 2 N–H and O–H groups in total. The molecule has 0 aliphatic carbocycles. The van der Waals surface area contributed by atoms with Gasteiger partial charge in [0.25, 0.3) is 0 Å². The van der Waals surface area contributed by atoms with E-state index in [1.54, 1.807) is 12.3 Å². The third-order valence-corrected chi connectivity index (χ3v) is 2.59. The van der Waals surface area contributed by atoms with E-state index in [9.17, 15) is 0 Å². The van der Waals surface area contributed by atoms with Crippen LogP contribution < -0.4 is 5.48 Å². The Morgan fingerprint density at radius 2 is 2.47 bits per heavy atom. The summed E-state index contributed by atoms with van der Waals surface area (Å²) in [5.74, 6) is 0.233. The standard InChI is InChI=1S/C8H7N5OS/c1-15-8-5(4-9)7(12-14)13-6(11-8)2-3-10-13/h2-3,12,14H,1H3. The first kappa shape index (κ1) is 9.76. The van der Waals surface area contributed by atoms with Crippen LogP contribution in [0.5, 0.6) is 0 Å². The lowest BCUT2D eigenvalue weighted by atomic mass is 10.3. The van der Waals surface area contributed by atoms with Crippen LogP contribution in [0.25, 0.3) is 5.65 Å². The lowest BCUT2D eigenvalue weighted by Crippen LogP contribution is -2.06. The van der Waals surface area contributed by atoms with Gasteiger partial charge >= 0.3 is 0 Å². The fraction of sp³-hybridized carbons (Fsp3) is 0.125. The normalized spacial score (nSPS) is 10.2. The minimum Gasteiger partial charge on any atom is -0.290 e. The van der Waals surface area contributed by atoms with Gasteiger partial charge in [0.2, 0.25) is 0 Å². The van der Waals surface area contributed by atoms with Gasteiger partial charge in [0.15, 0.2) is 11.5 Å². The van der Waals surface area contributed by atoms with Crippen LogP contribution >= 0.6 is 11.8 Å². The van der Waals surface area contributed by atoms with E-state index < -0.39 is 0 Å². The van der Waals surface area contributed by atoms with Gasteiger partial charge in [-0.05, 0) is 6.26 Å². The number of nitriles is 1. The number of thioether (sulfide) groups is 1. The fourth-order valence-electron chi connectivity index (χ4n) is 1.27. The molecule has 0 saturated heterocycles. The Bertz CT molecular complexity index is 544. The molecule has 2 heterocycles. The lowest BCUT2D eigenvalue weighted by Gasteiger charge is -2.07. The quantitative estimate of drug-likeness (QED) is 0.449. The Morgan fingerprint density at radius 1 is 1.67 bits per heavy atom. The summed E-state index contributed by atoms with van der Waals surface area (Å²) < 4.78 is 1.37. The zero-order chi connectivity index (χ0) is 10.8. The predicted molar refractivity (Wildman–Crippen MR) is 54.9 cm³/mol. The van der Waals surface area contributed by atoms with Crippen LogP contribution in [0.2, 0.25) is 0 Å². The Hall–Kier alpha value is -1.78. The first-order chi connectivity index (χ1) is 7.31. The second-order valence-electron chi connectivity index (χ2n) is 2.67. The van der Waals surface area contributed by atoms with Gasteiger partial charge in [0.05, 0.1) is 6.20 Å². The summed E-state index contributed by atoms with van der Waals surface area (Å²) in [6.45, 7) is 0. The maximum Gasteiger partial charge on any atom is 0.174 e. The second-order valence-corrected chi connectivity index (χ2v) is 3.46. The maximum atomic E-state index is 8.99. The third-order valence-electron chi connectivity index (χ3n) is 1.91. The van der Waals surface area contributed by atoms with Gasteiger partial charge in [-0.3, -0.25) is 10.7 Å². The molecular formula is C8H7N5OS. The fourth-order valence-corrected chi connectivity index (χ4v) is 1.80. The van der Waals surface area contributed by atoms with E-state index in [0.29, 0.717) is 10.7 Å². The molecule has 7 heteroatoms. The van der Waals surface area contributed by atoms with Crippen LogP contribution in [0, 0.1) is 11.3 Å². The van der Waals surface area contributed by atoms with Crippen LogP contribution in [0.4, 0.5) is 5.82 Å².